The fourth-order valence-electron chi connectivity index (χ4n) is 2.68. The van der Waals surface area contributed by atoms with Gasteiger partial charge in [-0.25, -0.2) is 9.97 Å². The van der Waals surface area contributed by atoms with Gasteiger partial charge in [-0.1, -0.05) is 29.3 Å². The first-order chi connectivity index (χ1) is 12.5. The summed E-state index contributed by atoms with van der Waals surface area (Å²) in [4.78, 5) is 35.4. The third kappa shape index (κ3) is 4.05. The molecule has 3 rings (SSSR count). The quantitative estimate of drug-likeness (QED) is 0.807. The number of halogens is 2. The van der Waals surface area contributed by atoms with E-state index in [9.17, 15) is 9.59 Å². The van der Waals surface area contributed by atoms with E-state index >= 15 is 0 Å². The Kier molecular flexibility index (Phi) is 5.58. The second-order valence-electron chi connectivity index (χ2n) is 5.84. The molecule has 0 aliphatic carbocycles. The molecule has 1 aliphatic heterocycles. The molecule has 2 aromatic rings. The Morgan fingerprint density at radius 3 is 2.42 bits per heavy atom. The molecule has 2 amide bonds. The molecule has 2 heterocycles. The number of para-hydroxylation sites is 1. The predicted molar refractivity (Wildman–Crippen MR) is 100 cm³/mol. The van der Waals surface area contributed by atoms with Crippen LogP contribution in [0.3, 0.4) is 0 Å². The van der Waals surface area contributed by atoms with Crippen LogP contribution in [0.25, 0.3) is 0 Å². The predicted octanol–water partition coefficient (Wildman–Crippen LogP) is 2.75. The summed E-state index contributed by atoms with van der Waals surface area (Å²) in [6.07, 6.45) is 0.798. The number of aromatic nitrogens is 2. The number of nitrogens with zero attached hydrogens (tertiary/aromatic N) is 4. The first-order valence-corrected chi connectivity index (χ1v) is 8.79. The van der Waals surface area contributed by atoms with Gasteiger partial charge in [-0.3, -0.25) is 9.59 Å². The zero-order valence-electron chi connectivity index (χ0n) is 14.1. The number of rotatable bonds is 4. The molecule has 0 saturated carbocycles. The number of anilines is 2. The molecule has 136 valence electrons. The normalized spacial score (nSPS) is 14.3. The summed E-state index contributed by atoms with van der Waals surface area (Å²) in [5.41, 5.74) is 0.801. The summed E-state index contributed by atoms with van der Waals surface area (Å²) in [6.45, 7) is 3.68. The number of hydrogen-bond acceptors (Lipinski definition) is 5. The second-order valence-corrected chi connectivity index (χ2v) is 6.66. The van der Waals surface area contributed by atoms with Gasteiger partial charge in [-0.05, 0) is 19.1 Å². The van der Waals surface area contributed by atoms with Gasteiger partial charge in [-0.15, -0.1) is 0 Å². The molecule has 0 bridgehead atoms. The number of nitrogens with one attached hydrogen (secondary N) is 1. The Bertz CT molecular complexity index is 818. The molecule has 1 fully saturated rings. The van der Waals surface area contributed by atoms with Crippen molar-refractivity contribution in [2.75, 3.05) is 31.5 Å². The smallest absolute Gasteiger partial charge is 0.272 e. The van der Waals surface area contributed by atoms with Gasteiger partial charge in [0.1, 0.15) is 17.3 Å². The van der Waals surface area contributed by atoms with Crippen LogP contribution in [0.4, 0.5) is 11.5 Å². The number of carbonyl (C=O) groups is 2. The van der Waals surface area contributed by atoms with Gasteiger partial charge >= 0.3 is 0 Å². The number of aryl methyl sites for hydroxylation is 1. The van der Waals surface area contributed by atoms with Gasteiger partial charge in [0.15, 0.2) is 0 Å². The Hall–Kier alpha value is -2.38. The lowest BCUT2D eigenvalue weighted by Crippen LogP contribution is -2.48. The molecule has 0 unspecified atom stereocenters. The number of amides is 2. The van der Waals surface area contributed by atoms with Crippen LogP contribution in [0.2, 0.25) is 10.0 Å². The standard InChI is InChI=1S/C17H17Cl2N5O2/c1-11-20-14(17(26)24-7-5-23(10-25)6-8-24)9-15(21-11)22-16-12(18)3-2-4-13(16)19/h2-4,9-10H,5-8H2,1H3,(H,20,21,22). The molecular weight excluding hydrogens is 377 g/mol. The fourth-order valence-corrected chi connectivity index (χ4v) is 3.17. The van der Waals surface area contributed by atoms with Crippen molar-refractivity contribution in [3.8, 4) is 0 Å². The molecule has 1 aromatic heterocycles. The van der Waals surface area contributed by atoms with Crippen LogP contribution in [0, 0.1) is 6.92 Å². The van der Waals surface area contributed by atoms with E-state index < -0.39 is 0 Å². The van der Waals surface area contributed by atoms with Crippen LogP contribution in [-0.2, 0) is 4.79 Å². The lowest BCUT2D eigenvalue weighted by atomic mass is 10.2. The largest absolute Gasteiger partial charge is 0.342 e. The van der Waals surface area contributed by atoms with Gasteiger partial charge in [0.25, 0.3) is 5.91 Å². The van der Waals surface area contributed by atoms with Crippen molar-refractivity contribution in [2.24, 2.45) is 0 Å². The summed E-state index contributed by atoms with van der Waals surface area (Å²) in [7, 11) is 0. The lowest BCUT2D eigenvalue weighted by molar-refractivity contribution is -0.119. The van der Waals surface area contributed by atoms with Crippen LogP contribution in [-0.4, -0.2) is 58.3 Å². The first kappa shape index (κ1) is 18.4. The monoisotopic (exact) mass is 393 g/mol. The number of hydrogen-bond donors (Lipinski definition) is 1. The molecule has 26 heavy (non-hydrogen) atoms. The second kappa shape index (κ2) is 7.88. The number of benzene rings is 1. The van der Waals surface area contributed by atoms with E-state index in [1.165, 1.54) is 0 Å². The minimum absolute atomic E-state index is 0.200. The summed E-state index contributed by atoms with van der Waals surface area (Å²) in [5.74, 6) is 0.685. The number of piperazine rings is 1. The average Bonchev–Trinajstić information content (AvgIpc) is 2.64. The van der Waals surface area contributed by atoms with Crippen molar-refractivity contribution in [2.45, 2.75) is 6.92 Å². The highest BCUT2D eigenvalue weighted by Crippen LogP contribution is 2.32. The van der Waals surface area contributed by atoms with Crippen molar-refractivity contribution in [1.82, 2.24) is 19.8 Å². The van der Waals surface area contributed by atoms with Crippen molar-refractivity contribution >= 4 is 47.0 Å². The van der Waals surface area contributed by atoms with Crippen molar-refractivity contribution in [1.29, 1.82) is 0 Å². The zero-order chi connectivity index (χ0) is 18.7. The highest BCUT2D eigenvalue weighted by atomic mass is 35.5. The Morgan fingerprint density at radius 1 is 1.15 bits per heavy atom. The van der Waals surface area contributed by atoms with Gasteiger partial charge in [0.05, 0.1) is 15.7 Å². The summed E-state index contributed by atoms with van der Waals surface area (Å²) < 4.78 is 0. The topological polar surface area (TPSA) is 78.4 Å². The van der Waals surface area contributed by atoms with Gasteiger partial charge in [-0.2, -0.15) is 0 Å². The maximum atomic E-state index is 12.7. The molecule has 0 atom stereocenters. The third-order valence-corrected chi connectivity index (χ3v) is 4.65. The molecule has 1 aromatic carbocycles. The van der Waals surface area contributed by atoms with Gasteiger partial charge in [0.2, 0.25) is 6.41 Å². The molecule has 1 N–H and O–H groups in total. The van der Waals surface area contributed by atoms with Crippen LogP contribution >= 0.6 is 23.2 Å². The van der Waals surface area contributed by atoms with Crippen molar-refractivity contribution in [3.63, 3.8) is 0 Å². The minimum Gasteiger partial charge on any atom is -0.342 e. The van der Waals surface area contributed by atoms with E-state index in [2.05, 4.69) is 15.3 Å². The van der Waals surface area contributed by atoms with E-state index in [1.54, 1.807) is 41.0 Å². The highest BCUT2D eigenvalue weighted by molar-refractivity contribution is 6.39. The molecule has 9 heteroatoms. The SMILES string of the molecule is Cc1nc(Nc2c(Cl)cccc2Cl)cc(C(=O)N2CCN(C=O)CC2)n1. The van der Waals surface area contributed by atoms with Crippen LogP contribution in [0.5, 0.6) is 0 Å². The van der Waals surface area contributed by atoms with Gasteiger partial charge < -0.3 is 15.1 Å². The van der Waals surface area contributed by atoms with E-state index in [-0.39, 0.29) is 11.6 Å². The molecular formula is C17H17Cl2N5O2. The summed E-state index contributed by atoms with van der Waals surface area (Å²) in [5, 5.41) is 3.96. The summed E-state index contributed by atoms with van der Waals surface area (Å²) >= 11 is 12.3. The first-order valence-electron chi connectivity index (χ1n) is 8.03. The molecule has 1 saturated heterocycles. The number of carbonyl (C=O) groups excluding carboxylic acids is 2. The van der Waals surface area contributed by atoms with E-state index in [0.29, 0.717) is 53.6 Å². The maximum Gasteiger partial charge on any atom is 0.272 e. The third-order valence-electron chi connectivity index (χ3n) is 4.02. The van der Waals surface area contributed by atoms with E-state index in [1.807, 2.05) is 0 Å². The minimum atomic E-state index is -0.200. The zero-order valence-corrected chi connectivity index (χ0v) is 15.6. The van der Waals surface area contributed by atoms with Crippen molar-refractivity contribution < 1.29 is 9.59 Å². The van der Waals surface area contributed by atoms with Gasteiger partial charge in [0, 0.05) is 32.2 Å². The van der Waals surface area contributed by atoms with E-state index in [0.717, 1.165) is 6.41 Å². The summed E-state index contributed by atoms with van der Waals surface area (Å²) in [6, 6.07) is 6.74. The molecule has 0 spiro atoms. The Morgan fingerprint density at radius 2 is 1.81 bits per heavy atom. The molecule has 7 nitrogen and oxygen atoms in total. The van der Waals surface area contributed by atoms with Crippen LogP contribution < -0.4 is 5.32 Å². The van der Waals surface area contributed by atoms with E-state index in [4.69, 9.17) is 23.2 Å². The van der Waals surface area contributed by atoms with Crippen LogP contribution in [0.15, 0.2) is 24.3 Å². The fraction of sp³-hybridized carbons (Fsp3) is 0.294. The van der Waals surface area contributed by atoms with Crippen molar-refractivity contribution in [3.05, 3.63) is 45.8 Å². The lowest BCUT2D eigenvalue weighted by Gasteiger charge is -2.32. The highest BCUT2D eigenvalue weighted by Gasteiger charge is 2.23. The van der Waals surface area contributed by atoms with Crippen LogP contribution in [0.1, 0.15) is 16.3 Å². The molecule has 0 radical (unpaired) electrons. The Balaban J connectivity index is 1.81. The maximum absolute atomic E-state index is 12.7. The molecule has 1 aliphatic rings. The Labute approximate surface area is 160 Å². The average molecular weight is 394 g/mol.